The van der Waals surface area contributed by atoms with Crippen LogP contribution in [0.25, 0.3) is 22.8 Å². The van der Waals surface area contributed by atoms with Crippen LogP contribution in [0.1, 0.15) is 0 Å². The third kappa shape index (κ3) is 2.37. The number of nitrogens with one attached hydrogen (secondary N) is 1. The topological polar surface area (TPSA) is 84.4 Å². The fourth-order valence-electron chi connectivity index (χ4n) is 1.66. The second-order valence-electron chi connectivity index (χ2n) is 3.81. The Morgan fingerprint density at radius 3 is 2.63 bits per heavy atom. The lowest BCUT2D eigenvalue weighted by molar-refractivity contribution is 1.08. The van der Waals surface area contributed by atoms with Crippen LogP contribution in [0.4, 0.5) is 0 Å². The highest BCUT2D eigenvalue weighted by molar-refractivity contribution is 5.60. The predicted molar refractivity (Wildman–Crippen MR) is 69.1 cm³/mol. The SMILES string of the molecule is O=c1cc(-c2cccnc2)nc(-c2cnccn2)[nH]1. The van der Waals surface area contributed by atoms with Gasteiger partial charge in [0, 0.05) is 36.4 Å². The maximum absolute atomic E-state index is 11.7. The molecule has 0 atom stereocenters. The maximum atomic E-state index is 11.7. The summed E-state index contributed by atoms with van der Waals surface area (Å²) < 4.78 is 0. The van der Waals surface area contributed by atoms with Gasteiger partial charge in [0.25, 0.3) is 5.56 Å². The van der Waals surface area contributed by atoms with Gasteiger partial charge in [0.1, 0.15) is 5.69 Å². The van der Waals surface area contributed by atoms with E-state index in [1.165, 1.54) is 6.07 Å². The van der Waals surface area contributed by atoms with Crippen molar-refractivity contribution in [1.29, 1.82) is 0 Å². The first-order valence-corrected chi connectivity index (χ1v) is 5.61. The van der Waals surface area contributed by atoms with E-state index in [1.807, 2.05) is 6.07 Å². The quantitative estimate of drug-likeness (QED) is 0.741. The molecule has 0 unspecified atom stereocenters. The van der Waals surface area contributed by atoms with Gasteiger partial charge in [-0.25, -0.2) is 9.97 Å². The Morgan fingerprint density at radius 2 is 1.89 bits per heavy atom. The van der Waals surface area contributed by atoms with Crippen LogP contribution in [0.3, 0.4) is 0 Å². The monoisotopic (exact) mass is 251 g/mol. The number of hydrogen-bond donors (Lipinski definition) is 1. The van der Waals surface area contributed by atoms with Crippen molar-refractivity contribution in [3.8, 4) is 22.8 Å². The van der Waals surface area contributed by atoms with E-state index in [9.17, 15) is 4.79 Å². The Kier molecular flexibility index (Phi) is 2.82. The Bertz CT molecular complexity index is 679. The van der Waals surface area contributed by atoms with Crippen LogP contribution in [0, 0.1) is 0 Å². The van der Waals surface area contributed by atoms with Crippen molar-refractivity contribution in [2.75, 3.05) is 0 Å². The van der Waals surface area contributed by atoms with Crippen LogP contribution in [0.5, 0.6) is 0 Å². The van der Waals surface area contributed by atoms with Gasteiger partial charge in [-0.15, -0.1) is 0 Å². The minimum absolute atomic E-state index is 0.241. The summed E-state index contributed by atoms with van der Waals surface area (Å²) in [6.07, 6.45) is 7.98. The molecule has 0 aromatic carbocycles. The Balaban J connectivity index is 2.15. The van der Waals surface area contributed by atoms with Gasteiger partial charge in [0.05, 0.1) is 11.9 Å². The zero-order valence-electron chi connectivity index (χ0n) is 9.82. The number of nitrogens with zero attached hydrogens (tertiary/aromatic N) is 4. The van der Waals surface area contributed by atoms with Crippen molar-refractivity contribution < 1.29 is 0 Å². The lowest BCUT2D eigenvalue weighted by Gasteiger charge is -2.03. The summed E-state index contributed by atoms with van der Waals surface area (Å²) in [7, 11) is 0. The van der Waals surface area contributed by atoms with Gasteiger partial charge in [-0.05, 0) is 12.1 Å². The van der Waals surface area contributed by atoms with Gasteiger partial charge in [-0.1, -0.05) is 0 Å². The molecule has 0 radical (unpaired) electrons. The summed E-state index contributed by atoms with van der Waals surface area (Å²) in [5.41, 5.74) is 1.61. The van der Waals surface area contributed by atoms with Crippen LogP contribution >= 0.6 is 0 Å². The van der Waals surface area contributed by atoms with Crippen LogP contribution in [0.2, 0.25) is 0 Å². The fraction of sp³-hybridized carbons (Fsp3) is 0. The third-order valence-corrected chi connectivity index (χ3v) is 2.50. The van der Waals surface area contributed by atoms with Crippen molar-refractivity contribution in [3.63, 3.8) is 0 Å². The molecule has 0 aliphatic carbocycles. The summed E-state index contributed by atoms with van der Waals surface area (Å²) in [6, 6.07) is 5.06. The lowest BCUT2D eigenvalue weighted by Crippen LogP contribution is -2.09. The average molecular weight is 251 g/mol. The van der Waals surface area contributed by atoms with E-state index < -0.39 is 0 Å². The standard InChI is InChI=1S/C13H9N5O/c19-12-6-10(9-2-1-3-14-7-9)17-13(18-12)11-8-15-4-5-16-11/h1-8H,(H,17,18,19). The molecule has 3 heterocycles. The van der Waals surface area contributed by atoms with Crippen molar-refractivity contribution in [2.24, 2.45) is 0 Å². The number of aromatic nitrogens is 5. The summed E-state index contributed by atoms with van der Waals surface area (Å²) >= 11 is 0. The van der Waals surface area contributed by atoms with Gasteiger partial charge in [0.2, 0.25) is 0 Å². The highest BCUT2D eigenvalue weighted by Crippen LogP contribution is 2.16. The van der Waals surface area contributed by atoms with Gasteiger partial charge in [0.15, 0.2) is 5.82 Å². The molecule has 3 aromatic rings. The Hall–Kier alpha value is -2.89. The van der Waals surface area contributed by atoms with Crippen molar-refractivity contribution >= 4 is 0 Å². The molecule has 0 saturated carbocycles. The largest absolute Gasteiger partial charge is 0.305 e. The second-order valence-corrected chi connectivity index (χ2v) is 3.81. The normalized spacial score (nSPS) is 10.3. The van der Waals surface area contributed by atoms with Gasteiger partial charge in [-0.2, -0.15) is 0 Å². The highest BCUT2D eigenvalue weighted by atomic mass is 16.1. The molecule has 3 rings (SSSR count). The maximum Gasteiger partial charge on any atom is 0.251 e. The fourth-order valence-corrected chi connectivity index (χ4v) is 1.66. The highest BCUT2D eigenvalue weighted by Gasteiger charge is 2.06. The first kappa shape index (κ1) is 11.2. The van der Waals surface area contributed by atoms with Crippen LogP contribution in [-0.4, -0.2) is 24.9 Å². The molecule has 0 aliphatic rings. The third-order valence-electron chi connectivity index (χ3n) is 2.50. The van der Waals surface area contributed by atoms with Gasteiger partial charge >= 0.3 is 0 Å². The van der Waals surface area contributed by atoms with E-state index in [2.05, 4.69) is 24.9 Å². The summed E-state index contributed by atoms with van der Waals surface area (Å²) in [4.78, 5) is 30.8. The van der Waals surface area contributed by atoms with E-state index in [4.69, 9.17) is 0 Å². The summed E-state index contributed by atoms with van der Waals surface area (Å²) in [6.45, 7) is 0. The Labute approximate surface area is 108 Å². The molecule has 92 valence electrons. The van der Waals surface area contributed by atoms with Crippen molar-refractivity contribution in [1.82, 2.24) is 24.9 Å². The molecule has 3 aromatic heterocycles. The van der Waals surface area contributed by atoms with Crippen molar-refractivity contribution in [3.05, 3.63) is 59.5 Å². The van der Waals surface area contributed by atoms with E-state index in [1.54, 1.807) is 37.1 Å². The molecule has 19 heavy (non-hydrogen) atoms. The first-order chi connectivity index (χ1) is 9.33. The molecule has 0 amide bonds. The molecular weight excluding hydrogens is 242 g/mol. The Morgan fingerprint density at radius 1 is 1.00 bits per heavy atom. The number of pyridine rings is 1. The number of H-pyrrole nitrogens is 1. The minimum Gasteiger partial charge on any atom is -0.305 e. The number of aromatic amines is 1. The number of hydrogen-bond acceptors (Lipinski definition) is 5. The molecular formula is C13H9N5O. The van der Waals surface area contributed by atoms with E-state index in [0.717, 1.165) is 5.56 Å². The van der Waals surface area contributed by atoms with Crippen LogP contribution in [-0.2, 0) is 0 Å². The van der Waals surface area contributed by atoms with E-state index in [0.29, 0.717) is 17.2 Å². The zero-order valence-corrected chi connectivity index (χ0v) is 9.82. The molecule has 6 nitrogen and oxygen atoms in total. The van der Waals surface area contributed by atoms with Crippen LogP contribution < -0.4 is 5.56 Å². The summed E-state index contributed by atoms with van der Waals surface area (Å²) in [5.74, 6) is 0.388. The summed E-state index contributed by atoms with van der Waals surface area (Å²) in [5, 5.41) is 0. The molecule has 0 bridgehead atoms. The lowest BCUT2D eigenvalue weighted by atomic mass is 10.2. The molecule has 0 aliphatic heterocycles. The molecule has 0 saturated heterocycles. The smallest absolute Gasteiger partial charge is 0.251 e. The van der Waals surface area contributed by atoms with Gasteiger partial charge < -0.3 is 4.98 Å². The zero-order chi connectivity index (χ0) is 13.1. The van der Waals surface area contributed by atoms with E-state index >= 15 is 0 Å². The predicted octanol–water partition coefficient (Wildman–Crippen LogP) is 1.29. The van der Waals surface area contributed by atoms with Gasteiger partial charge in [-0.3, -0.25) is 14.8 Å². The molecule has 0 fully saturated rings. The molecule has 0 spiro atoms. The van der Waals surface area contributed by atoms with Crippen molar-refractivity contribution in [2.45, 2.75) is 0 Å². The van der Waals surface area contributed by atoms with E-state index in [-0.39, 0.29) is 5.56 Å². The molecule has 6 heteroatoms. The first-order valence-electron chi connectivity index (χ1n) is 5.61. The minimum atomic E-state index is -0.241. The van der Waals surface area contributed by atoms with Crippen LogP contribution in [0.15, 0.2) is 54.0 Å². The second kappa shape index (κ2) is 4.77. The number of rotatable bonds is 2. The molecule has 1 N–H and O–H groups in total. The average Bonchev–Trinajstić information content (AvgIpc) is 2.48.